The summed E-state index contributed by atoms with van der Waals surface area (Å²) in [6.07, 6.45) is 0.856. The molecule has 0 atom stereocenters. The third-order valence-electron chi connectivity index (χ3n) is 2.77. The van der Waals surface area contributed by atoms with Crippen LogP contribution in [0.15, 0.2) is 29.4 Å². The van der Waals surface area contributed by atoms with Gasteiger partial charge in [0, 0.05) is 30.8 Å². The van der Waals surface area contributed by atoms with Crippen LogP contribution in [0.5, 0.6) is 0 Å². The van der Waals surface area contributed by atoms with Gasteiger partial charge in [-0.15, -0.1) is 0 Å². The summed E-state index contributed by atoms with van der Waals surface area (Å²) in [4.78, 5) is 12.2. The van der Waals surface area contributed by atoms with Crippen molar-refractivity contribution in [1.29, 1.82) is 0 Å². The van der Waals surface area contributed by atoms with E-state index in [2.05, 4.69) is 9.44 Å². The highest BCUT2D eigenvalue weighted by atomic mass is 32.2. The fourth-order valence-electron chi connectivity index (χ4n) is 1.61. The number of thiocarbonyl (C=S) groups is 1. The van der Waals surface area contributed by atoms with E-state index in [4.69, 9.17) is 12.2 Å². The number of nitrogens with zero attached hydrogens (tertiary/aromatic N) is 3. The fraction of sp³-hybridized carbons (Fsp3) is 0.385. The predicted molar refractivity (Wildman–Crippen MR) is 98.7 cm³/mol. The average molecular weight is 391 g/mol. The molecule has 24 heavy (non-hydrogen) atoms. The highest BCUT2D eigenvalue weighted by Crippen LogP contribution is 2.22. The van der Waals surface area contributed by atoms with Gasteiger partial charge < -0.3 is 4.90 Å². The second-order valence-corrected chi connectivity index (χ2v) is 7.70. The lowest BCUT2D eigenvalue weighted by Gasteiger charge is -2.21. The molecule has 8 nitrogen and oxygen atoms in total. The molecular formula is C13H17N3O5S3. The fourth-order valence-corrected chi connectivity index (χ4v) is 3.24. The van der Waals surface area contributed by atoms with Crippen LogP contribution in [-0.4, -0.2) is 47.0 Å². The molecule has 132 valence electrons. The number of nitro benzene ring substituents is 1. The minimum atomic E-state index is -3.81. The van der Waals surface area contributed by atoms with Crippen molar-refractivity contribution in [3.63, 3.8) is 0 Å². The summed E-state index contributed by atoms with van der Waals surface area (Å²) >= 11 is 6.32. The maximum Gasteiger partial charge on any atom is 0.325 e. The summed E-state index contributed by atoms with van der Waals surface area (Å²) in [6, 6.07) is 5.65. The van der Waals surface area contributed by atoms with E-state index in [0.717, 1.165) is 18.0 Å². The van der Waals surface area contributed by atoms with Crippen molar-refractivity contribution in [2.75, 3.05) is 19.3 Å². The Morgan fingerprint density at radius 3 is 2.54 bits per heavy atom. The summed E-state index contributed by atoms with van der Waals surface area (Å²) in [5.41, 5.74) is 0.196. The molecule has 0 N–H and O–H groups in total. The van der Waals surface area contributed by atoms with E-state index >= 15 is 0 Å². The molecule has 11 heteroatoms. The van der Waals surface area contributed by atoms with Crippen molar-refractivity contribution in [2.24, 2.45) is 5.16 Å². The molecule has 0 aromatic heterocycles. The lowest BCUT2D eigenvalue weighted by molar-refractivity contribution is -0.384. The first-order valence-corrected chi connectivity index (χ1v) is 9.90. The van der Waals surface area contributed by atoms with Crippen molar-refractivity contribution in [1.82, 2.24) is 4.90 Å². The largest absolute Gasteiger partial charge is 0.358 e. The first-order chi connectivity index (χ1) is 11.2. The molecule has 0 heterocycles. The number of hydrogen-bond acceptors (Lipinski definition) is 8. The number of hydrogen-bond donors (Lipinski definition) is 0. The van der Waals surface area contributed by atoms with Crippen LogP contribution in [0.3, 0.4) is 0 Å². The molecule has 0 unspecified atom stereocenters. The Hall–Kier alpha value is -1.72. The van der Waals surface area contributed by atoms with Gasteiger partial charge >= 0.3 is 10.1 Å². The van der Waals surface area contributed by atoms with Crippen LogP contribution in [0.4, 0.5) is 5.69 Å². The zero-order chi connectivity index (χ0) is 18.3. The van der Waals surface area contributed by atoms with Gasteiger partial charge in [0.05, 0.1) is 11.2 Å². The van der Waals surface area contributed by atoms with Gasteiger partial charge in [-0.3, -0.25) is 14.4 Å². The molecule has 0 bridgehead atoms. The van der Waals surface area contributed by atoms with Crippen LogP contribution in [0.25, 0.3) is 0 Å². The van der Waals surface area contributed by atoms with Gasteiger partial charge in [0.2, 0.25) is 0 Å². The molecule has 1 rings (SSSR count). The summed E-state index contributed by atoms with van der Waals surface area (Å²) in [5.74, 6) is 0. The van der Waals surface area contributed by atoms with Gasteiger partial charge in [-0.2, -0.15) is 8.42 Å². The van der Waals surface area contributed by atoms with Gasteiger partial charge in [-0.25, -0.2) is 0 Å². The minimum absolute atomic E-state index is 0.126. The molecule has 0 aliphatic rings. The van der Waals surface area contributed by atoms with Gasteiger partial charge in [0.25, 0.3) is 5.69 Å². The number of oxime groups is 1. The molecule has 0 fully saturated rings. The van der Waals surface area contributed by atoms with E-state index in [9.17, 15) is 18.5 Å². The summed E-state index contributed by atoms with van der Waals surface area (Å²) in [7, 11) is -3.81. The topological polar surface area (TPSA) is 102 Å². The second kappa shape index (κ2) is 8.94. The van der Waals surface area contributed by atoms with E-state index in [1.807, 2.05) is 18.7 Å². The number of rotatable bonds is 6. The van der Waals surface area contributed by atoms with Crippen molar-refractivity contribution in [3.8, 4) is 0 Å². The van der Waals surface area contributed by atoms with E-state index in [-0.39, 0.29) is 10.7 Å². The standard InChI is InChI=1S/C13H17N3O5S3/c1-4-15(5-2)13(22)23-12(14-21-24(3,19)20)10-7-6-8-11(9-10)16(17)18/h6-9H,4-5H2,1-3H3/b14-12-. The van der Waals surface area contributed by atoms with Crippen LogP contribution < -0.4 is 0 Å². The summed E-state index contributed by atoms with van der Waals surface area (Å²) in [5, 5.41) is 14.7. The molecule has 0 spiro atoms. The molecule has 1 aromatic rings. The number of benzene rings is 1. The average Bonchev–Trinajstić information content (AvgIpc) is 2.51. The van der Waals surface area contributed by atoms with Gasteiger partial charge in [0.1, 0.15) is 4.32 Å². The first kappa shape index (κ1) is 20.3. The quantitative estimate of drug-likeness (QED) is 0.240. The second-order valence-electron chi connectivity index (χ2n) is 4.52. The minimum Gasteiger partial charge on any atom is -0.358 e. The molecule has 0 saturated carbocycles. The van der Waals surface area contributed by atoms with Crippen LogP contribution in [0, 0.1) is 10.1 Å². The Balaban J connectivity index is 3.21. The SMILES string of the molecule is CCN(CC)C(=S)S/C(=N\OS(C)(=O)=O)c1cccc([N+](=O)[O-])c1. The van der Waals surface area contributed by atoms with Gasteiger partial charge in [-0.05, 0) is 25.6 Å². The zero-order valence-corrected chi connectivity index (χ0v) is 15.8. The number of nitro groups is 1. The van der Waals surface area contributed by atoms with Gasteiger partial charge in [0.15, 0.2) is 5.04 Å². The van der Waals surface area contributed by atoms with Crippen molar-refractivity contribution in [3.05, 3.63) is 39.9 Å². The monoisotopic (exact) mass is 391 g/mol. The molecule has 0 amide bonds. The third kappa shape index (κ3) is 6.42. The van der Waals surface area contributed by atoms with E-state index in [1.165, 1.54) is 18.2 Å². The Morgan fingerprint density at radius 2 is 2.04 bits per heavy atom. The normalized spacial score (nSPS) is 11.9. The molecular weight excluding hydrogens is 374 g/mol. The van der Waals surface area contributed by atoms with E-state index in [0.29, 0.717) is 23.0 Å². The van der Waals surface area contributed by atoms with Crippen LogP contribution in [0.2, 0.25) is 0 Å². The van der Waals surface area contributed by atoms with E-state index in [1.54, 1.807) is 6.07 Å². The number of thioether (sulfide) groups is 1. The lowest BCUT2D eigenvalue weighted by atomic mass is 10.2. The highest BCUT2D eigenvalue weighted by molar-refractivity contribution is 8.33. The maximum absolute atomic E-state index is 11.2. The third-order valence-corrected chi connectivity index (χ3v) is 4.56. The number of non-ortho nitro benzene ring substituents is 1. The van der Waals surface area contributed by atoms with E-state index < -0.39 is 15.0 Å². The Labute approximate surface area is 150 Å². The van der Waals surface area contributed by atoms with Crippen LogP contribution >= 0.6 is 24.0 Å². The molecule has 0 aliphatic carbocycles. The first-order valence-electron chi connectivity index (χ1n) is 6.86. The molecule has 0 saturated heterocycles. The van der Waals surface area contributed by atoms with Crippen molar-refractivity contribution < 1.29 is 17.6 Å². The molecule has 1 aromatic carbocycles. The van der Waals surface area contributed by atoms with Gasteiger partial charge in [-0.1, -0.05) is 29.5 Å². The lowest BCUT2D eigenvalue weighted by Crippen LogP contribution is -2.27. The highest BCUT2D eigenvalue weighted by Gasteiger charge is 2.17. The van der Waals surface area contributed by atoms with Crippen LogP contribution in [-0.2, 0) is 14.4 Å². The zero-order valence-electron chi connectivity index (χ0n) is 13.3. The maximum atomic E-state index is 11.2. The summed E-state index contributed by atoms with van der Waals surface area (Å²) < 4.78 is 27.3. The smallest absolute Gasteiger partial charge is 0.325 e. The molecule has 0 radical (unpaired) electrons. The molecule has 0 aliphatic heterocycles. The van der Waals surface area contributed by atoms with Crippen molar-refractivity contribution >= 4 is 49.1 Å². The predicted octanol–water partition coefficient (Wildman–Crippen LogP) is 2.59. The van der Waals surface area contributed by atoms with Crippen LogP contribution in [0.1, 0.15) is 19.4 Å². The Morgan fingerprint density at radius 1 is 1.42 bits per heavy atom. The van der Waals surface area contributed by atoms with Crippen molar-refractivity contribution in [2.45, 2.75) is 13.8 Å². The Bertz CT molecular complexity index is 745. The Kier molecular flexibility index (Phi) is 7.58. The summed E-state index contributed by atoms with van der Waals surface area (Å²) in [6.45, 7) is 5.18.